The van der Waals surface area contributed by atoms with Gasteiger partial charge in [-0.3, -0.25) is 4.79 Å². The maximum absolute atomic E-state index is 12.6. The van der Waals surface area contributed by atoms with Gasteiger partial charge >= 0.3 is 0 Å². The number of aryl methyl sites for hydroxylation is 1. The monoisotopic (exact) mass is 341 g/mol. The lowest BCUT2D eigenvalue weighted by Gasteiger charge is -2.32. The molecule has 1 aromatic carbocycles. The number of hydrogen-bond donors (Lipinski definition) is 1. The first-order valence-corrected chi connectivity index (χ1v) is 8.86. The number of hydrogen-bond acceptors (Lipinski definition) is 4. The van der Waals surface area contributed by atoms with Crippen LogP contribution in [-0.4, -0.2) is 65.0 Å². The third-order valence-corrected chi connectivity index (χ3v) is 4.81. The lowest BCUT2D eigenvalue weighted by Crippen LogP contribution is -2.45. The van der Waals surface area contributed by atoms with Crippen molar-refractivity contribution < 1.29 is 4.79 Å². The zero-order valence-electron chi connectivity index (χ0n) is 15.1. The number of likely N-dealkylation sites (N-methyl/N-ethyl adjacent to an activating group) is 1. The Bertz CT molecular complexity index is 676. The molecule has 1 N–H and O–H groups in total. The summed E-state index contributed by atoms with van der Waals surface area (Å²) in [5.41, 5.74) is 1.05. The van der Waals surface area contributed by atoms with E-state index in [1.54, 1.807) is 6.20 Å². The van der Waals surface area contributed by atoms with Crippen LogP contribution in [0.2, 0.25) is 0 Å². The molecule has 1 amide bonds. The predicted molar refractivity (Wildman–Crippen MR) is 98.2 cm³/mol. The second kappa shape index (κ2) is 8.27. The molecule has 0 bridgehead atoms. The van der Waals surface area contributed by atoms with Crippen molar-refractivity contribution in [3.63, 3.8) is 0 Å². The van der Waals surface area contributed by atoms with Crippen molar-refractivity contribution in [3.8, 4) is 0 Å². The highest BCUT2D eigenvalue weighted by atomic mass is 16.1. The molecule has 1 aliphatic heterocycles. The third kappa shape index (κ3) is 4.67. The van der Waals surface area contributed by atoms with Gasteiger partial charge in [0.2, 0.25) is 5.91 Å². The van der Waals surface area contributed by atoms with Crippen LogP contribution in [0.4, 0.5) is 0 Å². The molecular formula is C19H27N5O. The maximum Gasteiger partial charge on any atom is 0.222 e. The van der Waals surface area contributed by atoms with Crippen LogP contribution < -0.4 is 5.32 Å². The number of amides is 1. The van der Waals surface area contributed by atoms with Gasteiger partial charge in [0.15, 0.2) is 0 Å². The van der Waals surface area contributed by atoms with Gasteiger partial charge in [0.25, 0.3) is 0 Å². The molecule has 1 aliphatic rings. The minimum Gasteiger partial charge on any atom is -0.342 e. The lowest BCUT2D eigenvalue weighted by atomic mass is 10.1. The predicted octanol–water partition coefficient (Wildman–Crippen LogP) is 1.26. The van der Waals surface area contributed by atoms with Crippen LogP contribution >= 0.6 is 0 Å². The first-order valence-electron chi connectivity index (χ1n) is 8.86. The fourth-order valence-corrected chi connectivity index (χ4v) is 3.16. The molecule has 1 saturated heterocycles. The molecule has 0 aliphatic carbocycles. The molecule has 1 fully saturated rings. The van der Waals surface area contributed by atoms with Gasteiger partial charge < -0.3 is 19.7 Å². The minimum atomic E-state index is -0.221. The fraction of sp³-hybridized carbons (Fsp3) is 0.474. The van der Waals surface area contributed by atoms with Crippen LogP contribution in [0, 0.1) is 0 Å². The van der Waals surface area contributed by atoms with Crippen molar-refractivity contribution in [2.75, 3.05) is 39.8 Å². The van der Waals surface area contributed by atoms with Crippen molar-refractivity contribution in [2.24, 2.45) is 7.05 Å². The van der Waals surface area contributed by atoms with Crippen molar-refractivity contribution in [1.82, 2.24) is 24.7 Å². The Morgan fingerprint density at radius 2 is 1.88 bits per heavy atom. The summed E-state index contributed by atoms with van der Waals surface area (Å²) >= 11 is 0. The van der Waals surface area contributed by atoms with E-state index in [0.717, 1.165) is 44.1 Å². The number of nitrogens with zero attached hydrogens (tertiary/aromatic N) is 4. The van der Waals surface area contributed by atoms with E-state index in [2.05, 4.69) is 27.1 Å². The summed E-state index contributed by atoms with van der Waals surface area (Å²) in [6, 6.07) is 9.79. The van der Waals surface area contributed by atoms with E-state index in [1.807, 2.05) is 48.1 Å². The molecule has 1 atom stereocenters. The van der Waals surface area contributed by atoms with E-state index < -0.39 is 0 Å². The van der Waals surface area contributed by atoms with E-state index >= 15 is 0 Å². The van der Waals surface area contributed by atoms with E-state index in [1.165, 1.54) is 0 Å². The number of rotatable bonds is 6. The Balaban J connectivity index is 1.62. The Morgan fingerprint density at radius 1 is 1.16 bits per heavy atom. The van der Waals surface area contributed by atoms with Gasteiger partial charge in [-0.25, -0.2) is 4.98 Å². The average molecular weight is 341 g/mol. The first-order chi connectivity index (χ1) is 12.1. The lowest BCUT2D eigenvalue weighted by molar-refractivity contribution is -0.122. The van der Waals surface area contributed by atoms with Crippen LogP contribution in [0.1, 0.15) is 23.9 Å². The smallest absolute Gasteiger partial charge is 0.222 e. The molecule has 2 aromatic rings. The van der Waals surface area contributed by atoms with Crippen molar-refractivity contribution in [3.05, 3.63) is 54.1 Å². The van der Waals surface area contributed by atoms with Gasteiger partial charge in [-0.15, -0.1) is 0 Å². The molecule has 134 valence electrons. The zero-order chi connectivity index (χ0) is 17.6. The Hall–Kier alpha value is -2.18. The third-order valence-electron chi connectivity index (χ3n) is 4.81. The van der Waals surface area contributed by atoms with Crippen molar-refractivity contribution >= 4 is 5.91 Å². The van der Waals surface area contributed by atoms with Gasteiger partial charge in [-0.1, -0.05) is 30.3 Å². The Kier molecular flexibility index (Phi) is 5.83. The van der Waals surface area contributed by atoms with E-state index in [4.69, 9.17) is 0 Å². The highest BCUT2D eigenvalue weighted by molar-refractivity contribution is 5.77. The molecule has 1 aromatic heterocycles. The number of carbonyl (C=O) groups is 1. The number of nitrogens with one attached hydrogen (secondary N) is 1. The van der Waals surface area contributed by atoms with Crippen LogP contribution in [-0.2, 0) is 11.8 Å². The number of carbonyl (C=O) groups excluding carboxylic acids is 1. The van der Waals surface area contributed by atoms with E-state index in [0.29, 0.717) is 6.42 Å². The molecular weight excluding hydrogens is 314 g/mol. The summed E-state index contributed by atoms with van der Waals surface area (Å²) in [5, 5.41) is 3.17. The highest BCUT2D eigenvalue weighted by Gasteiger charge is 2.21. The molecule has 0 saturated carbocycles. The summed E-state index contributed by atoms with van der Waals surface area (Å²) in [6.45, 7) is 5.02. The molecule has 0 spiro atoms. The summed E-state index contributed by atoms with van der Waals surface area (Å²) in [4.78, 5) is 21.7. The van der Waals surface area contributed by atoms with Gasteiger partial charge in [0.05, 0.1) is 0 Å². The van der Waals surface area contributed by atoms with Crippen LogP contribution in [0.25, 0.3) is 0 Å². The Morgan fingerprint density at radius 3 is 2.52 bits per heavy atom. The topological polar surface area (TPSA) is 53.4 Å². The second-order valence-electron chi connectivity index (χ2n) is 6.70. The van der Waals surface area contributed by atoms with Crippen molar-refractivity contribution in [2.45, 2.75) is 12.5 Å². The number of benzene rings is 1. The molecule has 6 nitrogen and oxygen atoms in total. The van der Waals surface area contributed by atoms with Gasteiger partial charge in [-0.05, 0) is 12.6 Å². The molecule has 2 heterocycles. The zero-order valence-corrected chi connectivity index (χ0v) is 15.1. The summed E-state index contributed by atoms with van der Waals surface area (Å²) < 4.78 is 1.96. The fourth-order valence-electron chi connectivity index (χ4n) is 3.16. The SMILES string of the molecule is CN1CCN(CCC(=O)N[C@H](c2ccccc2)c2nccn2C)CC1. The minimum absolute atomic E-state index is 0.0655. The van der Waals surface area contributed by atoms with Gasteiger partial charge in [0.1, 0.15) is 11.9 Å². The average Bonchev–Trinajstić information content (AvgIpc) is 3.06. The van der Waals surface area contributed by atoms with Gasteiger partial charge in [0, 0.05) is 58.6 Å². The normalized spacial score (nSPS) is 17.4. The standard InChI is InChI=1S/C19H27N5O/c1-22-12-14-24(15-13-22)10-8-17(25)21-18(16-6-4-3-5-7-16)19-20-9-11-23(19)2/h3-7,9,11,18H,8,10,12-15H2,1-2H3,(H,21,25)/t18-/m1/s1. The van der Waals surface area contributed by atoms with Gasteiger partial charge in [-0.2, -0.15) is 0 Å². The van der Waals surface area contributed by atoms with E-state index in [-0.39, 0.29) is 11.9 Å². The first kappa shape index (κ1) is 17.6. The number of aromatic nitrogens is 2. The maximum atomic E-state index is 12.6. The highest BCUT2D eigenvalue weighted by Crippen LogP contribution is 2.20. The van der Waals surface area contributed by atoms with Crippen LogP contribution in [0.15, 0.2) is 42.7 Å². The largest absolute Gasteiger partial charge is 0.342 e. The molecule has 3 rings (SSSR count). The van der Waals surface area contributed by atoms with Crippen LogP contribution in [0.5, 0.6) is 0 Å². The van der Waals surface area contributed by atoms with Crippen LogP contribution in [0.3, 0.4) is 0 Å². The molecule has 6 heteroatoms. The quantitative estimate of drug-likeness (QED) is 0.860. The molecule has 25 heavy (non-hydrogen) atoms. The molecule has 0 unspecified atom stereocenters. The van der Waals surface area contributed by atoms with Crippen molar-refractivity contribution in [1.29, 1.82) is 0 Å². The second-order valence-corrected chi connectivity index (χ2v) is 6.70. The molecule has 0 radical (unpaired) electrons. The summed E-state index contributed by atoms with van der Waals surface area (Å²) in [6.07, 6.45) is 4.18. The summed E-state index contributed by atoms with van der Waals surface area (Å²) in [7, 11) is 4.09. The Labute approximate surface area is 149 Å². The number of imidazole rings is 1. The summed E-state index contributed by atoms with van der Waals surface area (Å²) in [5.74, 6) is 0.912. The van der Waals surface area contributed by atoms with E-state index in [9.17, 15) is 4.79 Å². The number of piperazine rings is 1.